The molecule has 1 aliphatic heterocycles. The van der Waals surface area contributed by atoms with Gasteiger partial charge in [0.1, 0.15) is 0 Å². The predicted molar refractivity (Wildman–Crippen MR) is 57.8 cm³/mol. The van der Waals surface area contributed by atoms with E-state index in [2.05, 4.69) is 28.8 Å². The average Bonchev–Trinajstić information content (AvgIpc) is 2.16. The van der Waals surface area contributed by atoms with Gasteiger partial charge in [-0.15, -0.1) is 0 Å². The monoisotopic (exact) mass is 195 g/mol. The summed E-state index contributed by atoms with van der Waals surface area (Å²) >= 11 is 0. The van der Waals surface area contributed by atoms with Crippen LogP contribution in [0.1, 0.15) is 26.7 Å². The molecular formula is C10H19N4. The molecule has 0 amide bonds. The molecule has 4 heteroatoms. The number of nitrogens with zero attached hydrogens (tertiary/aromatic N) is 4. The van der Waals surface area contributed by atoms with Crippen molar-refractivity contribution in [3.05, 3.63) is 16.4 Å². The Bertz CT molecular complexity index is 200. The molecule has 1 aliphatic rings. The van der Waals surface area contributed by atoms with E-state index in [1.807, 2.05) is 0 Å². The van der Waals surface area contributed by atoms with Crippen LogP contribution in [0.5, 0.6) is 0 Å². The molecule has 0 aliphatic carbocycles. The van der Waals surface area contributed by atoms with Gasteiger partial charge >= 0.3 is 0 Å². The Kier molecular flexibility index (Phi) is 4.77. The lowest BCUT2D eigenvalue weighted by Crippen LogP contribution is -2.36. The van der Waals surface area contributed by atoms with E-state index in [4.69, 9.17) is 5.53 Å². The summed E-state index contributed by atoms with van der Waals surface area (Å²) in [7, 11) is 0. The van der Waals surface area contributed by atoms with Gasteiger partial charge in [0.25, 0.3) is 0 Å². The highest BCUT2D eigenvalue weighted by Gasteiger charge is 2.18. The van der Waals surface area contributed by atoms with E-state index >= 15 is 0 Å². The largest absolute Gasteiger partial charge is 0.303 e. The highest BCUT2D eigenvalue weighted by molar-refractivity contribution is 4.84. The summed E-state index contributed by atoms with van der Waals surface area (Å²) in [5.41, 5.74) is 8.21. The summed E-state index contributed by atoms with van der Waals surface area (Å²) < 4.78 is 0. The van der Waals surface area contributed by atoms with Crippen LogP contribution in [-0.4, -0.2) is 31.1 Å². The number of likely N-dealkylation sites (tertiary alicyclic amines) is 1. The number of hydrogen-bond donors (Lipinski definition) is 0. The Morgan fingerprint density at radius 2 is 2.07 bits per heavy atom. The summed E-state index contributed by atoms with van der Waals surface area (Å²) in [6.07, 6.45) is 2.35. The molecule has 0 saturated carbocycles. The Morgan fingerprint density at radius 3 is 2.57 bits per heavy atom. The fourth-order valence-corrected chi connectivity index (χ4v) is 1.93. The third kappa shape index (κ3) is 3.99. The fourth-order valence-electron chi connectivity index (χ4n) is 1.93. The predicted octanol–water partition coefficient (Wildman–Crippen LogP) is 2.62. The highest BCUT2D eigenvalue weighted by Crippen LogP contribution is 2.18. The third-order valence-corrected chi connectivity index (χ3v) is 2.65. The van der Waals surface area contributed by atoms with Crippen LogP contribution in [0.2, 0.25) is 0 Å². The molecule has 79 valence electrons. The normalized spacial score (nSPS) is 19.6. The van der Waals surface area contributed by atoms with Crippen LogP contribution in [-0.2, 0) is 0 Å². The van der Waals surface area contributed by atoms with Crippen LogP contribution >= 0.6 is 0 Å². The van der Waals surface area contributed by atoms with Gasteiger partial charge in [-0.25, -0.2) is 0 Å². The minimum Gasteiger partial charge on any atom is -0.303 e. The molecule has 0 aromatic heterocycles. The number of piperidine rings is 1. The summed E-state index contributed by atoms with van der Waals surface area (Å²) in [6, 6.07) is 0. The quantitative estimate of drug-likeness (QED) is 0.386. The van der Waals surface area contributed by atoms with Crippen molar-refractivity contribution in [2.45, 2.75) is 26.7 Å². The average molecular weight is 195 g/mol. The van der Waals surface area contributed by atoms with Crippen molar-refractivity contribution in [3.8, 4) is 0 Å². The summed E-state index contributed by atoms with van der Waals surface area (Å²) in [6.45, 7) is 8.44. The van der Waals surface area contributed by atoms with Crippen molar-refractivity contribution >= 4 is 0 Å². The molecule has 4 nitrogen and oxygen atoms in total. The zero-order chi connectivity index (χ0) is 10.4. The molecule has 1 radical (unpaired) electrons. The Morgan fingerprint density at radius 1 is 1.43 bits per heavy atom. The summed E-state index contributed by atoms with van der Waals surface area (Å²) in [5, 5.41) is 3.64. The van der Waals surface area contributed by atoms with Crippen LogP contribution in [0.15, 0.2) is 5.11 Å². The molecule has 1 heterocycles. The van der Waals surface area contributed by atoms with E-state index in [0.29, 0.717) is 12.5 Å². The SMILES string of the molecule is C[C](C)CN1CCC(CN=[N+]=[N-])CC1. The van der Waals surface area contributed by atoms with Crippen LogP contribution in [0, 0.1) is 11.8 Å². The Labute approximate surface area is 85.9 Å². The maximum absolute atomic E-state index is 8.21. The second-order valence-corrected chi connectivity index (χ2v) is 4.34. The molecule has 0 aromatic rings. The molecule has 0 unspecified atom stereocenters. The lowest BCUT2D eigenvalue weighted by molar-refractivity contribution is 0.194. The van der Waals surface area contributed by atoms with Crippen LogP contribution in [0.4, 0.5) is 0 Å². The van der Waals surface area contributed by atoms with Gasteiger partial charge in [0.15, 0.2) is 0 Å². The van der Waals surface area contributed by atoms with E-state index in [1.165, 1.54) is 18.8 Å². The lowest BCUT2D eigenvalue weighted by atomic mass is 9.96. The van der Waals surface area contributed by atoms with Gasteiger partial charge in [-0.2, -0.15) is 0 Å². The Balaban J connectivity index is 2.20. The van der Waals surface area contributed by atoms with Crippen LogP contribution in [0.25, 0.3) is 10.4 Å². The highest BCUT2D eigenvalue weighted by atomic mass is 15.1. The smallest absolute Gasteiger partial charge is 0.0287 e. The first kappa shape index (κ1) is 11.3. The second-order valence-electron chi connectivity index (χ2n) is 4.34. The van der Waals surface area contributed by atoms with Gasteiger partial charge in [-0.05, 0) is 43.3 Å². The maximum Gasteiger partial charge on any atom is 0.0287 e. The molecule has 1 fully saturated rings. The van der Waals surface area contributed by atoms with Gasteiger partial charge < -0.3 is 4.90 Å². The standard InChI is InChI=1S/C10H19N4/c1-9(2)8-14-5-3-10(4-6-14)7-12-13-11/h10H,3-8H2,1-2H3. The van der Waals surface area contributed by atoms with Crippen molar-refractivity contribution in [2.24, 2.45) is 11.0 Å². The first-order chi connectivity index (χ1) is 6.72. The van der Waals surface area contributed by atoms with Crippen LogP contribution < -0.4 is 0 Å². The molecule has 0 bridgehead atoms. The Hall–Kier alpha value is -0.730. The minimum atomic E-state index is 0.610. The lowest BCUT2D eigenvalue weighted by Gasteiger charge is -2.32. The van der Waals surface area contributed by atoms with E-state index in [-0.39, 0.29) is 0 Å². The van der Waals surface area contributed by atoms with Gasteiger partial charge in [0.05, 0.1) is 0 Å². The molecule has 0 spiro atoms. The van der Waals surface area contributed by atoms with Crippen molar-refractivity contribution < 1.29 is 0 Å². The zero-order valence-electron chi connectivity index (χ0n) is 9.11. The van der Waals surface area contributed by atoms with Crippen molar-refractivity contribution in [3.63, 3.8) is 0 Å². The van der Waals surface area contributed by atoms with E-state index in [0.717, 1.165) is 19.6 Å². The van der Waals surface area contributed by atoms with Gasteiger partial charge in [0.2, 0.25) is 0 Å². The number of rotatable bonds is 4. The van der Waals surface area contributed by atoms with Crippen molar-refractivity contribution in [2.75, 3.05) is 26.2 Å². The summed E-state index contributed by atoms with van der Waals surface area (Å²) in [4.78, 5) is 5.28. The zero-order valence-corrected chi connectivity index (χ0v) is 9.11. The van der Waals surface area contributed by atoms with Crippen molar-refractivity contribution in [1.82, 2.24) is 4.90 Å². The molecule has 0 atom stereocenters. The third-order valence-electron chi connectivity index (χ3n) is 2.65. The van der Waals surface area contributed by atoms with Crippen molar-refractivity contribution in [1.29, 1.82) is 0 Å². The van der Waals surface area contributed by atoms with Crippen LogP contribution in [0.3, 0.4) is 0 Å². The fraction of sp³-hybridized carbons (Fsp3) is 0.900. The van der Waals surface area contributed by atoms with E-state index in [1.54, 1.807) is 0 Å². The molecule has 0 N–H and O–H groups in total. The second kappa shape index (κ2) is 5.89. The minimum absolute atomic E-state index is 0.610. The maximum atomic E-state index is 8.21. The summed E-state index contributed by atoms with van der Waals surface area (Å²) in [5.74, 6) is 2.08. The first-order valence-electron chi connectivity index (χ1n) is 5.24. The van der Waals surface area contributed by atoms with Gasteiger partial charge in [-0.1, -0.05) is 19.0 Å². The number of azide groups is 1. The molecule has 0 aromatic carbocycles. The molecule has 14 heavy (non-hydrogen) atoms. The van der Waals surface area contributed by atoms with Gasteiger partial charge in [0, 0.05) is 18.0 Å². The topological polar surface area (TPSA) is 52.0 Å². The molecule has 1 saturated heterocycles. The molecule has 1 rings (SSSR count). The first-order valence-corrected chi connectivity index (χ1v) is 5.24. The van der Waals surface area contributed by atoms with E-state index < -0.39 is 0 Å². The van der Waals surface area contributed by atoms with E-state index in [9.17, 15) is 0 Å². The molecular weight excluding hydrogens is 176 g/mol. The number of hydrogen-bond acceptors (Lipinski definition) is 2. The van der Waals surface area contributed by atoms with Gasteiger partial charge in [-0.3, -0.25) is 0 Å².